The zero-order valence-electron chi connectivity index (χ0n) is 10.6. The quantitative estimate of drug-likeness (QED) is 0.830. The molecule has 1 aliphatic heterocycles. The molecule has 2 heterocycles. The third kappa shape index (κ3) is 2.54. The molecule has 2 atom stereocenters. The Morgan fingerprint density at radius 2 is 2.26 bits per heavy atom. The van der Waals surface area contributed by atoms with Gasteiger partial charge in [-0.15, -0.1) is 0 Å². The summed E-state index contributed by atoms with van der Waals surface area (Å²) in [6, 6.07) is -0.861. The van der Waals surface area contributed by atoms with E-state index in [-0.39, 0.29) is 18.6 Å². The molecule has 2 rings (SSSR count). The number of methoxy groups -OCH3 is 1. The van der Waals surface area contributed by atoms with Gasteiger partial charge in [0.05, 0.1) is 11.8 Å². The van der Waals surface area contributed by atoms with Gasteiger partial charge in [0, 0.05) is 20.1 Å². The number of nitrogens with two attached hydrogens (primary N) is 1. The number of aliphatic carboxylic acids is 1. The number of amides is 1. The fraction of sp³-hybridized carbons (Fsp3) is 0.545. The Kier molecular flexibility index (Phi) is 3.72. The summed E-state index contributed by atoms with van der Waals surface area (Å²) in [5.74, 6) is -1.37. The number of nitrogens with zero attached hydrogens (tertiary/aromatic N) is 2. The SMILES string of the molecule is COC1CC(C(=O)O)N(C(=O)c2sc(N)nc2C)C1. The molecule has 2 unspecified atom stereocenters. The van der Waals surface area contributed by atoms with Gasteiger partial charge in [-0.1, -0.05) is 11.3 Å². The van der Waals surface area contributed by atoms with Gasteiger partial charge in [0.1, 0.15) is 10.9 Å². The molecule has 19 heavy (non-hydrogen) atoms. The van der Waals surface area contributed by atoms with Gasteiger partial charge >= 0.3 is 5.97 Å². The summed E-state index contributed by atoms with van der Waals surface area (Å²) in [6.45, 7) is 1.95. The summed E-state index contributed by atoms with van der Waals surface area (Å²) in [4.78, 5) is 29.3. The number of hydrogen-bond donors (Lipinski definition) is 2. The molecule has 1 fully saturated rings. The van der Waals surface area contributed by atoms with Crippen molar-refractivity contribution in [3.8, 4) is 0 Å². The van der Waals surface area contributed by atoms with E-state index in [9.17, 15) is 14.7 Å². The molecule has 7 nitrogen and oxygen atoms in total. The Bertz CT molecular complexity index is 516. The van der Waals surface area contributed by atoms with E-state index in [1.165, 1.54) is 12.0 Å². The minimum absolute atomic E-state index is 0.254. The number of likely N-dealkylation sites (tertiary alicyclic amines) is 1. The van der Waals surface area contributed by atoms with Crippen LogP contribution >= 0.6 is 11.3 Å². The van der Waals surface area contributed by atoms with Crippen molar-refractivity contribution in [2.45, 2.75) is 25.5 Å². The average Bonchev–Trinajstić information content (AvgIpc) is 2.91. The molecule has 104 valence electrons. The number of anilines is 1. The third-order valence-electron chi connectivity index (χ3n) is 3.15. The van der Waals surface area contributed by atoms with E-state index >= 15 is 0 Å². The number of carboxylic acids is 1. The molecule has 0 aromatic carbocycles. The van der Waals surface area contributed by atoms with Crippen molar-refractivity contribution in [3.63, 3.8) is 0 Å². The van der Waals surface area contributed by atoms with Crippen molar-refractivity contribution in [2.75, 3.05) is 19.4 Å². The van der Waals surface area contributed by atoms with Gasteiger partial charge in [-0.25, -0.2) is 9.78 Å². The maximum absolute atomic E-state index is 12.4. The number of hydrogen-bond acceptors (Lipinski definition) is 6. The summed E-state index contributed by atoms with van der Waals surface area (Å²) in [7, 11) is 1.51. The standard InChI is InChI=1S/C11H15N3O4S/c1-5-8(19-11(12)13-5)9(15)14-4-6(18-2)3-7(14)10(16)17/h6-7H,3-4H2,1-2H3,(H2,12,13)(H,16,17). The summed E-state index contributed by atoms with van der Waals surface area (Å²) in [5, 5.41) is 9.48. The number of carbonyl (C=O) groups is 2. The van der Waals surface area contributed by atoms with Crippen LogP contribution < -0.4 is 5.73 Å². The smallest absolute Gasteiger partial charge is 0.326 e. The summed E-state index contributed by atoms with van der Waals surface area (Å²) >= 11 is 1.07. The molecular formula is C11H15N3O4S. The predicted octanol–water partition coefficient (Wildman–Crippen LogP) is 0.348. The highest BCUT2D eigenvalue weighted by Gasteiger charge is 2.41. The number of rotatable bonds is 3. The van der Waals surface area contributed by atoms with Crippen LogP contribution in [-0.4, -0.2) is 52.7 Å². The largest absolute Gasteiger partial charge is 0.480 e. The highest BCUT2D eigenvalue weighted by molar-refractivity contribution is 7.17. The van der Waals surface area contributed by atoms with E-state index < -0.39 is 12.0 Å². The van der Waals surface area contributed by atoms with E-state index in [0.29, 0.717) is 22.1 Å². The number of thiazole rings is 1. The Labute approximate surface area is 114 Å². The van der Waals surface area contributed by atoms with Gasteiger partial charge < -0.3 is 20.5 Å². The maximum atomic E-state index is 12.4. The first kappa shape index (κ1) is 13.8. The summed E-state index contributed by atoms with van der Waals surface area (Å²) in [5.41, 5.74) is 6.08. The number of carboxylic acid groups (broad SMARTS) is 1. The van der Waals surface area contributed by atoms with Crippen molar-refractivity contribution >= 4 is 28.3 Å². The van der Waals surface area contributed by atoms with E-state index in [0.717, 1.165) is 11.3 Å². The van der Waals surface area contributed by atoms with Gasteiger partial charge in [-0.05, 0) is 6.92 Å². The van der Waals surface area contributed by atoms with Crippen molar-refractivity contribution in [1.82, 2.24) is 9.88 Å². The maximum Gasteiger partial charge on any atom is 0.326 e. The van der Waals surface area contributed by atoms with Crippen LogP contribution in [0.2, 0.25) is 0 Å². The zero-order chi connectivity index (χ0) is 14.2. The van der Waals surface area contributed by atoms with Gasteiger partial charge in [0.25, 0.3) is 5.91 Å². The van der Waals surface area contributed by atoms with E-state index in [2.05, 4.69) is 4.98 Å². The molecule has 1 aliphatic rings. The second kappa shape index (κ2) is 5.14. The van der Waals surface area contributed by atoms with Crippen LogP contribution in [-0.2, 0) is 9.53 Å². The highest BCUT2D eigenvalue weighted by Crippen LogP contribution is 2.27. The zero-order valence-corrected chi connectivity index (χ0v) is 11.4. The molecule has 8 heteroatoms. The Hall–Kier alpha value is -1.67. The van der Waals surface area contributed by atoms with Gasteiger partial charge in [0.2, 0.25) is 0 Å². The lowest BCUT2D eigenvalue weighted by Gasteiger charge is -2.20. The van der Waals surface area contributed by atoms with Crippen molar-refractivity contribution in [1.29, 1.82) is 0 Å². The molecule has 0 saturated carbocycles. The first-order valence-electron chi connectivity index (χ1n) is 5.73. The van der Waals surface area contributed by atoms with Crippen LogP contribution in [0.3, 0.4) is 0 Å². The number of aromatic nitrogens is 1. The van der Waals surface area contributed by atoms with Crippen molar-refractivity contribution in [3.05, 3.63) is 10.6 Å². The lowest BCUT2D eigenvalue weighted by Crippen LogP contribution is -2.40. The lowest BCUT2D eigenvalue weighted by atomic mass is 10.2. The van der Waals surface area contributed by atoms with Gasteiger partial charge in [-0.2, -0.15) is 0 Å². The van der Waals surface area contributed by atoms with E-state index in [4.69, 9.17) is 10.5 Å². The van der Waals surface area contributed by atoms with Crippen LogP contribution in [0.1, 0.15) is 21.8 Å². The molecule has 1 amide bonds. The van der Waals surface area contributed by atoms with Gasteiger partial charge in [-0.3, -0.25) is 4.79 Å². The second-order valence-electron chi connectivity index (χ2n) is 4.37. The molecule has 1 saturated heterocycles. The topological polar surface area (TPSA) is 106 Å². The molecule has 0 spiro atoms. The minimum Gasteiger partial charge on any atom is -0.480 e. The van der Waals surface area contributed by atoms with Crippen molar-refractivity contribution in [2.24, 2.45) is 0 Å². The number of nitrogen functional groups attached to an aromatic ring is 1. The normalized spacial score (nSPS) is 22.7. The van der Waals surface area contributed by atoms with Crippen molar-refractivity contribution < 1.29 is 19.4 Å². The second-order valence-corrected chi connectivity index (χ2v) is 5.40. The number of aryl methyl sites for hydroxylation is 1. The fourth-order valence-corrected chi connectivity index (χ4v) is 2.96. The van der Waals surface area contributed by atoms with Crippen LogP contribution in [0.25, 0.3) is 0 Å². The van der Waals surface area contributed by atoms with Gasteiger partial charge in [0.15, 0.2) is 5.13 Å². The third-order valence-corrected chi connectivity index (χ3v) is 4.12. The van der Waals surface area contributed by atoms with E-state index in [1.807, 2.05) is 0 Å². The molecule has 1 aromatic rings. The number of carbonyl (C=O) groups excluding carboxylic acids is 1. The molecular weight excluding hydrogens is 270 g/mol. The summed E-state index contributed by atoms with van der Waals surface area (Å²) < 4.78 is 5.15. The molecule has 0 bridgehead atoms. The Morgan fingerprint density at radius 1 is 1.58 bits per heavy atom. The highest BCUT2D eigenvalue weighted by atomic mass is 32.1. The van der Waals surface area contributed by atoms with Crippen LogP contribution in [0, 0.1) is 6.92 Å². The monoisotopic (exact) mass is 285 g/mol. The first-order valence-corrected chi connectivity index (χ1v) is 6.55. The molecule has 3 N–H and O–H groups in total. The summed E-state index contributed by atoms with van der Waals surface area (Å²) in [6.07, 6.45) is 0.0425. The lowest BCUT2D eigenvalue weighted by molar-refractivity contribution is -0.141. The van der Waals surface area contributed by atoms with Crippen LogP contribution in [0.5, 0.6) is 0 Å². The first-order chi connectivity index (χ1) is 8.93. The Balaban J connectivity index is 2.26. The minimum atomic E-state index is -1.02. The molecule has 0 radical (unpaired) electrons. The predicted molar refractivity (Wildman–Crippen MR) is 69.1 cm³/mol. The molecule has 0 aliphatic carbocycles. The average molecular weight is 285 g/mol. The number of ether oxygens (including phenoxy) is 1. The van der Waals surface area contributed by atoms with E-state index in [1.54, 1.807) is 6.92 Å². The Morgan fingerprint density at radius 3 is 2.74 bits per heavy atom. The fourth-order valence-electron chi connectivity index (χ4n) is 2.17. The molecule has 1 aromatic heterocycles. The van der Waals surface area contributed by atoms with Crippen LogP contribution in [0.15, 0.2) is 0 Å². The van der Waals surface area contributed by atoms with Crippen LogP contribution in [0.4, 0.5) is 5.13 Å².